The van der Waals surface area contributed by atoms with Crippen LogP contribution < -0.4 is 5.32 Å². The Morgan fingerprint density at radius 2 is 1.63 bits per heavy atom. The lowest BCUT2D eigenvalue weighted by atomic mass is 10.0. The lowest BCUT2D eigenvalue weighted by Crippen LogP contribution is -2.50. The van der Waals surface area contributed by atoms with Crippen LogP contribution in [0.2, 0.25) is 5.02 Å². The molecule has 6 heteroatoms. The fourth-order valence-electron chi connectivity index (χ4n) is 3.81. The Morgan fingerprint density at radius 3 is 2.31 bits per heavy atom. The number of unbranched alkanes of at least 4 members (excludes halogenated alkanes) is 1. The van der Waals surface area contributed by atoms with Gasteiger partial charge >= 0.3 is 0 Å². The molecule has 2 amide bonds. The Balaban J connectivity index is 1.83. The SMILES string of the molecule is CCCCNC(=O)C(Cc1ccccc1)N(Cc1cccc(Cl)c1)C(=O)CCSc1ccccc1. The molecule has 1 N–H and O–H groups in total. The lowest BCUT2D eigenvalue weighted by molar-refractivity contribution is -0.141. The number of amides is 2. The summed E-state index contributed by atoms with van der Waals surface area (Å²) in [6.45, 7) is 3.02. The minimum absolute atomic E-state index is 0.0417. The van der Waals surface area contributed by atoms with Gasteiger partial charge in [0.05, 0.1) is 0 Å². The molecule has 35 heavy (non-hydrogen) atoms. The average molecular weight is 509 g/mol. The van der Waals surface area contributed by atoms with Crippen LogP contribution in [0.4, 0.5) is 0 Å². The van der Waals surface area contributed by atoms with Gasteiger partial charge < -0.3 is 10.2 Å². The van der Waals surface area contributed by atoms with Crippen LogP contribution in [0.25, 0.3) is 0 Å². The van der Waals surface area contributed by atoms with E-state index in [9.17, 15) is 9.59 Å². The van der Waals surface area contributed by atoms with Crippen molar-refractivity contribution in [2.75, 3.05) is 12.3 Å². The molecule has 0 bridgehead atoms. The number of halogens is 1. The van der Waals surface area contributed by atoms with E-state index in [4.69, 9.17) is 11.6 Å². The summed E-state index contributed by atoms with van der Waals surface area (Å²) >= 11 is 7.88. The summed E-state index contributed by atoms with van der Waals surface area (Å²) < 4.78 is 0. The zero-order valence-corrected chi connectivity index (χ0v) is 21.7. The molecular weight excluding hydrogens is 476 g/mol. The van der Waals surface area contributed by atoms with E-state index < -0.39 is 6.04 Å². The predicted molar refractivity (Wildman–Crippen MR) is 146 cm³/mol. The van der Waals surface area contributed by atoms with Crippen molar-refractivity contribution in [3.05, 3.63) is 101 Å². The zero-order chi connectivity index (χ0) is 24.9. The van der Waals surface area contributed by atoms with Crippen molar-refractivity contribution in [2.45, 2.75) is 50.1 Å². The number of rotatable bonds is 13. The van der Waals surface area contributed by atoms with Gasteiger partial charge in [0, 0.05) is 41.6 Å². The second kappa shape index (κ2) is 14.6. The van der Waals surface area contributed by atoms with Gasteiger partial charge in [-0.25, -0.2) is 0 Å². The van der Waals surface area contributed by atoms with Gasteiger partial charge in [-0.15, -0.1) is 11.8 Å². The van der Waals surface area contributed by atoms with Gasteiger partial charge in [0.2, 0.25) is 11.8 Å². The number of thioether (sulfide) groups is 1. The van der Waals surface area contributed by atoms with Gasteiger partial charge in [-0.3, -0.25) is 9.59 Å². The maximum Gasteiger partial charge on any atom is 0.243 e. The van der Waals surface area contributed by atoms with Crippen molar-refractivity contribution in [3.8, 4) is 0 Å². The number of hydrogen-bond donors (Lipinski definition) is 1. The highest BCUT2D eigenvalue weighted by Crippen LogP contribution is 2.21. The average Bonchev–Trinajstić information content (AvgIpc) is 2.87. The molecule has 0 heterocycles. The van der Waals surface area contributed by atoms with Crippen molar-refractivity contribution in [2.24, 2.45) is 0 Å². The molecule has 0 radical (unpaired) electrons. The second-order valence-corrected chi connectivity index (χ2v) is 10.0. The standard InChI is InChI=1S/C29H33ClN2O2S/c1-2-3-18-31-29(34)27(21-23-11-6-4-7-12-23)32(22-24-13-10-14-25(30)20-24)28(33)17-19-35-26-15-8-5-9-16-26/h4-16,20,27H,2-3,17-19,21-22H2,1H3,(H,31,34). The third-order valence-corrected chi connectivity index (χ3v) is 6.92. The molecule has 1 atom stereocenters. The predicted octanol–water partition coefficient (Wildman–Crippen LogP) is 6.38. The summed E-state index contributed by atoms with van der Waals surface area (Å²) in [5.41, 5.74) is 1.92. The monoisotopic (exact) mass is 508 g/mol. The summed E-state index contributed by atoms with van der Waals surface area (Å²) in [6, 6.07) is 26.8. The quantitative estimate of drug-likeness (QED) is 0.215. The molecule has 0 fully saturated rings. The van der Waals surface area contributed by atoms with E-state index in [2.05, 4.69) is 12.2 Å². The Labute approximate surface area is 218 Å². The highest BCUT2D eigenvalue weighted by molar-refractivity contribution is 7.99. The van der Waals surface area contributed by atoms with Gasteiger partial charge in [-0.05, 0) is 41.8 Å². The molecule has 0 aliphatic heterocycles. The first kappa shape index (κ1) is 26.8. The van der Waals surface area contributed by atoms with Crippen molar-refractivity contribution >= 4 is 35.2 Å². The van der Waals surface area contributed by atoms with Crippen LogP contribution in [0.3, 0.4) is 0 Å². The maximum absolute atomic E-state index is 13.6. The van der Waals surface area contributed by atoms with Crippen LogP contribution in [0.5, 0.6) is 0 Å². The molecule has 0 aliphatic rings. The van der Waals surface area contributed by atoms with E-state index >= 15 is 0 Å². The van der Waals surface area contributed by atoms with Crippen LogP contribution >= 0.6 is 23.4 Å². The molecule has 0 spiro atoms. The van der Waals surface area contributed by atoms with Crippen molar-refractivity contribution in [1.82, 2.24) is 10.2 Å². The molecule has 3 aromatic carbocycles. The van der Waals surface area contributed by atoms with E-state index in [0.29, 0.717) is 36.7 Å². The van der Waals surface area contributed by atoms with Crippen molar-refractivity contribution in [3.63, 3.8) is 0 Å². The fraction of sp³-hybridized carbons (Fsp3) is 0.310. The molecule has 184 valence electrons. The van der Waals surface area contributed by atoms with Gasteiger partial charge in [-0.2, -0.15) is 0 Å². The largest absolute Gasteiger partial charge is 0.354 e. The Hall–Kier alpha value is -2.76. The van der Waals surface area contributed by atoms with E-state index in [1.807, 2.05) is 84.9 Å². The summed E-state index contributed by atoms with van der Waals surface area (Å²) in [7, 11) is 0. The summed E-state index contributed by atoms with van der Waals surface area (Å²) in [5.74, 6) is 0.484. The highest BCUT2D eigenvalue weighted by Gasteiger charge is 2.30. The molecule has 0 saturated carbocycles. The summed E-state index contributed by atoms with van der Waals surface area (Å²) in [6.07, 6.45) is 2.69. The van der Waals surface area contributed by atoms with Gasteiger partial charge in [0.1, 0.15) is 6.04 Å². The van der Waals surface area contributed by atoms with Crippen LogP contribution in [-0.2, 0) is 22.6 Å². The summed E-state index contributed by atoms with van der Waals surface area (Å²) in [4.78, 5) is 29.8. The minimum atomic E-state index is -0.609. The third-order valence-electron chi connectivity index (χ3n) is 5.67. The second-order valence-electron chi connectivity index (χ2n) is 8.41. The first-order valence-electron chi connectivity index (χ1n) is 12.1. The normalized spacial score (nSPS) is 11.6. The molecule has 3 aromatic rings. The Kier molecular flexibility index (Phi) is 11.2. The van der Waals surface area contributed by atoms with Crippen molar-refractivity contribution < 1.29 is 9.59 Å². The van der Waals surface area contributed by atoms with Gasteiger partial charge in [0.25, 0.3) is 0 Å². The minimum Gasteiger partial charge on any atom is -0.354 e. The van der Waals surface area contributed by atoms with Crippen LogP contribution in [0, 0.1) is 0 Å². The Bertz CT molecular complexity index is 1060. The Morgan fingerprint density at radius 1 is 0.943 bits per heavy atom. The number of nitrogens with zero attached hydrogens (tertiary/aromatic N) is 1. The third kappa shape index (κ3) is 9.08. The molecule has 1 unspecified atom stereocenters. The van der Waals surface area contributed by atoms with Crippen molar-refractivity contribution in [1.29, 1.82) is 0 Å². The van der Waals surface area contributed by atoms with E-state index in [-0.39, 0.29) is 11.8 Å². The molecule has 4 nitrogen and oxygen atoms in total. The number of hydrogen-bond acceptors (Lipinski definition) is 3. The van der Waals surface area contributed by atoms with E-state index in [1.54, 1.807) is 16.7 Å². The molecule has 0 aromatic heterocycles. The van der Waals surface area contributed by atoms with Crippen LogP contribution in [0.15, 0.2) is 89.8 Å². The summed E-state index contributed by atoms with van der Waals surface area (Å²) in [5, 5.41) is 3.67. The molecule has 3 rings (SSSR count). The van der Waals surface area contributed by atoms with Gasteiger partial charge in [0.15, 0.2) is 0 Å². The first-order valence-corrected chi connectivity index (χ1v) is 13.5. The maximum atomic E-state index is 13.6. The lowest BCUT2D eigenvalue weighted by Gasteiger charge is -2.31. The van der Waals surface area contributed by atoms with Crippen LogP contribution in [-0.4, -0.2) is 35.1 Å². The highest BCUT2D eigenvalue weighted by atomic mass is 35.5. The number of nitrogens with one attached hydrogen (secondary N) is 1. The molecule has 0 saturated heterocycles. The first-order chi connectivity index (χ1) is 17.1. The molecular formula is C29H33ClN2O2S. The van der Waals surface area contributed by atoms with E-state index in [0.717, 1.165) is 28.9 Å². The number of benzene rings is 3. The zero-order valence-electron chi connectivity index (χ0n) is 20.2. The topological polar surface area (TPSA) is 49.4 Å². The fourth-order valence-corrected chi connectivity index (χ4v) is 4.88. The smallest absolute Gasteiger partial charge is 0.243 e. The number of carbonyl (C=O) groups excluding carboxylic acids is 2. The van der Waals surface area contributed by atoms with Crippen LogP contribution in [0.1, 0.15) is 37.3 Å². The van der Waals surface area contributed by atoms with Gasteiger partial charge in [-0.1, -0.05) is 85.6 Å². The number of carbonyl (C=O) groups is 2. The van der Waals surface area contributed by atoms with E-state index in [1.165, 1.54) is 0 Å². The molecule has 0 aliphatic carbocycles.